The number of rotatable bonds is 5. The normalized spacial score (nSPS) is 10.3. The summed E-state index contributed by atoms with van der Waals surface area (Å²) in [4.78, 5) is 22.4. The minimum atomic E-state index is -0.278. The minimum absolute atomic E-state index is 0.278. The molecule has 0 aliphatic carbocycles. The highest BCUT2D eigenvalue weighted by molar-refractivity contribution is 5.89. The molecule has 0 aliphatic rings. The van der Waals surface area contributed by atoms with Gasteiger partial charge in [0.15, 0.2) is 0 Å². The van der Waals surface area contributed by atoms with Gasteiger partial charge in [0, 0.05) is 33.0 Å². The molecule has 0 radical (unpaired) electrons. The monoisotopic (exact) mass is 336 g/mol. The van der Waals surface area contributed by atoms with Crippen molar-refractivity contribution in [3.8, 4) is 5.69 Å². The van der Waals surface area contributed by atoms with Gasteiger partial charge in [-0.25, -0.2) is 14.8 Å². The first kappa shape index (κ1) is 16.5. The van der Waals surface area contributed by atoms with Gasteiger partial charge >= 0.3 is 6.03 Å². The fourth-order valence-corrected chi connectivity index (χ4v) is 2.39. The summed E-state index contributed by atoms with van der Waals surface area (Å²) in [5.74, 6) is 0.834. The Morgan fingerprint density at radius 3 is 2.72 bits per heavy atom. The van der Waals surface area contributed by atoms with Gasteiger partial charge in [-0.05, 0) is 23.8 Å². The van der Waals surface area contributed by atoms with Gasteiger partial charge in [-0.1, -0.05) is 18.2 Å². The van der Waals surface area contributed by atoms with Crippen LogP contribution >= 0.6 is 0 Å². The quantitative estimate of drug-likeness (QED) is 0.751. The number of hydrogen-bond donors (Lipinski definition) is 2. The summed E-state index contributed by atoms with van der Waals surface area (Å²) < 4.78 is 1.92. The number of amides is 2. The Morgan fingerprint density at radius 1 is 1.20 bits per heavy atom. The van der Waals surface area contributed by atoms with Crippen molar-refractivity contribution < 1.29 is 4.79 Å². The standard InChI is InChI=1S/C18H20N6O/c1-23(2)17-8-7-15(12-20-17)22-18(25)21-11-14-5-3-4-6-16(14)24-10-9-19-13-24/h3-10,12-13H,11H2,1-2H3,(H2,21,22,25). The van der Waals surface area contributed by atoms with Crippen molar-refractivity contribution in [2.75, 3.05) is 24.3 Å². The maximum Gasteiger partial charge on any atom is 0.319 e. The van der Waals surface area contributed by atoms with E-state index in [2.05, 4.69) is 20.6 Å². The van der Waals surface area contributed by atoms with Crippen LogP contribution in [-0.2, 0) is 6.54 Å². The van der Waals surface area contributed by atoms with E-state index in [4.69, 9.17) is 0 Å². The number of aromatic nitrogens is 3. The van der Waals surface area contributed by atoms with Crippen molar-refractivity contribution in [1.29, 1.82) is 0 Å². The van der Waals surface area contributed by atoms with E-state index in [0.29, 0.717) is 12.2 Å². The van der Waals surface area contributed by atoms with E-state index in [-0.39, 0.29) is 6.03 Å². The average Bonchev–Trinajstić information content (AvgIpc) is 3.15. The highest BCUT2D eigenvalue weighted by Crippen LogP contribution is 2.14. The first-order valence-corrected chi connectivity index (χ1v) is 7.88. The lowest BCUT2D eigenvalue weighted by atomic mass is 10.1. The fourth-order valence-electron chi connectivity index (χ4n) is 2.39. The summed E-state index contributed by atoms with van der Waals surface area (Å²) in [6, 6.07) is 11.3. The molecule has 25 heavy (non-hydrogen) atoms. The number of hydrogen-bond acceptors (Lipinski definition) is 4. The highest BCUT2D eigenvalue weighted by atomic mass is 16.2. The van der Waals surface area contributed by atoms with E-state index in [1.165, 1.54) is 0 Å². The molecule has 3 rings (SSSR count). The zero-order valence-electron chi connectivity index (χ0n) is 14.2. The fraction of sp³-hybridized carbons (Fsp3) is 0.167. The number of urea groups is 1. The van der Waals surface area contributed by atoms with Crippen LogP contribution in [0, 0.1) is 0 Å². The van der Waals surface area contributed by atoms with Gasteiger partial charge in [0.05, 0.1) is 23.9 Å². The zero-order chi connectivity index (χ0) is 17.6. The molecule has 2 amide bonds. The van der Waals surface area contributed by atoms with Crippen LogP contribution in [0.25, 0.3) is 5.69 Å². The van der Waals surface area contributed by atoms with Crippen molar-refractivity contribution in [2.45, 2.75) is 6.54 Å². The Hall–Kier alpha value is -3.35. The molecule has 0 fully saturated rings. The third kappa shape index (κ3) is 4.14. The number of nitrogens with zero attached hydrogens (tertiary/aromatic N) is 4. The summed E-state index contributed by atoms with van der Waals surface area (Å²) in [5, 5.41) is 5.65. The van der Waals surface area contributed by atoms with E-state index in [1.807, 2.05) is 66.2 Å². The molecule has 0 saturated carbocycles. The molecule has 2 aromatic heterocycles. The number of para-hydroxylation sites is 1. The van der Waals surface area contributed by atoms with Gasteiger partial charge in [-0.3, -0.25) is 0 Å². The van der Waals surface area contributed by atoms with Crippen LogP contribution in [0.3, 0.4) is 0 Å². The molecule has 1 aromatic carbocycles. The van der Waals surface area contributed by atoms with Crippen LogP contribution in [0.15, 0.2) is 61.3 Å². The summed E-state index contributed by atoms with van der Waals surface area (Å²) in [6.45, 7) is 0.406. The minimum Gasteiger partial charge on any atom is -0.363 e. The Balaban J connectivity index is 1.61. The maximum atomic E-state index is 12.1. The second kappa shape index (κ2) is 7.48. The second-order valence-corrected chi connectivity index (χ2v) is 5.71. The van der Waals surface area contributed by atoms with Crippen molar-refractivity contribution in [2.24, 2.45) is 0 Å². The molecule has 3 aromatic rings. The largest absolute Gasteiger partial charge is 0.363 e. The van der Waals surface area contributed by atoms with Crippen molar-refractivity contribution in [3.05, 3.63) is 66.9 Å². The summed E-state index contributed by atoms with van der Waals surface area (Å²) in [7, 11) is 3.83. The Morgan fingerprint density at radius 2 is 2.04 bits per heavy atom. The SMILES string of the molecule is CN(C)c1ccc(NC(=O)NCc2ccccc2-n2ccnc2)cn1. The first-order valence-electron chi connectivity index (χ1n) is 7.88. The van der Waals surface area contributed by atoms with E-state index in [0.717, 1.165) is 17.1 Å². The van der Waals surface area contributed by atoms with Gasteiger partial charge in [-0.2, -0.15) is 0 Å². The van der Waals surface area contributed by atoms with Crippen LogP contribution in [0.5, 0.6) is 0 Å². The molecule has 0 aliphatic heterocycles. The third-order valence-electron chi connectivity index (χ3n) is 3.68. The van der Waals surface area contributed by atoms with E-state index < -0.39 is 0 Å². The predicted octanol–water partition coefficient (Wildman–Crippen LogP) is 2.66. The zero-order valence-corrected chi connectivity index (χ0v) is 14.2. The Labute approximate surface area is 146 Å². The first-order chi connectivity index (χ1) is 12.1. The maximum absolute atomic E-state index is 12.1. The number of carbonyl (C=O) groups excluding carboxylic acids is 1. The van der Waals surface area contributed by atoms with Crippen LogP contribution in [0.1, 0.15) is 5.56 Å². The number of benzene rings is 1. The van der Waals surface area contributed by atoms with Gasteiger partial charge in [0.2, 0.25) is 0 Å². The molecule has 7 nitrogen and oxygen atoms in total. The van der Waals surface area contributed by atoms with E-state index in [1.54, 1.807) is 18.7 Å². The molecule has 2 N–H and O–H groups in total. The molecule has 7 heteroatoms. The number of anilines is 2. The van der Waals surface area contributed by atoms with Gasteiger partial charge < -0.3 is 20.1 Å². The lowest BCUT2D eigenvalue weighted by Crippen LogP contribution is -2.28. The molecule has 2 heterocycles. The molecule has 0 bridgehead atoms. The molecule has 0 spiro atoms. The summed E-state index contributed by atoms with van der Waals surface area (Å²) >= 11 is 0. The second-order valence-electron chi connectivity index (χ2n) is 5.71. The Kier molecular flexibility index (Phi) is 4.94. The van der Waals surface area contributed by atoms with Crippen LogP contribution in [0.2, 0.25) is 0 Å². The van der Waals surface area contributed by atoms with Crippen molar-refractivity contribution in [3.63, 3.8) is 0 Å². The number of carbonyl (C=O) groups is 1. The molecule has 0 atom stereocenters. The third-order valence-corrected chi connectivity index (χ3v) is 3.68. The van der Waals surface area contributed by atoms with Crippen LogP contribution < -0.4 is 15.5 Å². The predicted molar refractivity (Wildman–Crippen MR) is 98.0 cm³/mol. The van der Waals surface area contributed by atoms with Crippen LogP contribution in [0.4, 0.5) is 16.3 Å². The smallest absolute Gasteiger partial charge is 0.319 e. The van der Waals surface area contributed by atoms with E-state index >= 15 is 0 Å². The van der Waals surface area contributed by atoms with Crippen molar-refractivity contribution >= 4 is 17.5 Å². The number of imidazole rings is 1. The molecule has 0 unspecified atom stereocenters. The lowest BCUT2D eigenvalue weighted by molar-refractivity contribution is 0.251. The molecule has 0 saturated heterocycles. The van der Waals surface area contributed by atoms with E-state index in [9.17, 15) is 4.79 Å². The van der Waals surface area contributed by atoms with Crippen LogP contribution in [-0.4, -0.2) is 34.7 Å². The molecule has 128 valence electrons. The number of pyridine rings is 1. The molecular weight excluding hydrogens is 316 g/mol. The summed E-state index contributed by atoms with van der Waals surface area (Å²) in [6.07, 6.45) is 6.96. The lowest BCUT2D eigenvalue weighted by Gasteiger charge is -2.13. The Bertz CT molecular complexity index is 827. The highest BCUT2D eigenvalue weighted by Gasteiger charge is 2.07. The molecular formula is C18H20N6O. The number of nitrogens with one attached hydrogen (secondary N) is 2. The summed E-state index contributed by atoms with van der Waals surface area (Å²) in [5.41, 5.74) is 2.63. The van der Waals surface area contributed by atoms with Gasteiger partial charge in [0.1, 0.15) is 5.82 Å². The van der Waals surface area contributed by atoms with Gasteiger partial charge in [-0.15, -0.1) is 0 Å². The van der Waals surface area contributed by atoms with Crippen molar-refractivity contribution in [1.82, 2.24) is 19.9 Å². The topological polar surface area (TPSA) is 75.1 Å². The average molecular weight is 336 g/mol. The van der Waals surface area contributed by atoms with Gasteiger partial charge in [0.25, 0.3) is 0 Å².